The van der Waals surface area contributed by atoms with Gasteiger partial charge in [-0.25, -0.2) is 9.79 Å². The smallest absolute Gasteiger partial charge is 0.344 e. The first-order valence-electron chi connectivity index (χ1n) is 11.8. The molecule has 0 fully saturated rings. The van der Waals surface area contributed by atoms with Gasteiger partial charge in [-0.15, -0.1) is 0 Å². The van der Waals surface area contributed by atoms with E-state index in [-0.39, 0.29) is 41.9 Å². The summed E-state index contributed by atoms with van der Waals surface area (Å²) in [6, 6.07) is 8.92. The maximum atomic E-state index is 12.5. The van der Waals surface area contributed by atoms with E-state index >= 15 is 0 Å². The summed E-state index contributed by atoms with van der Waals surface area (Å²) in [5, 5.41) is 11.9. The number of aliphatic hydroxyl groups is 1. The van der Waals surface area contributed by atoms with Crippen molar-refractivity contribution >= 4 is 80.6 Å². The topological polar surface area (TPSA) is 94.4 Å². The van der Waals surface area contributed by atoms with E-state index in [1.165, 1.54) is 0 Å². The molecule has 0 spiro atoms. The molecule has 202 valence electrons. The molecule has 7 nitrogen and oxygen atoms in total. The first-order chi connectivity index (χ1) is 18.2. The third-order valence-electron chi connectivity index (χ3n) is 5.06. The van der Waals surface area contributed by atoms with E-state index in [4.69, 9.17) is 37.4 Å². The number of ether oxygens (including phenoxy) is 3. The van der Waals surface area contributed by atoms with Crippen LogP contribution in [-0.4, -0.2) is 35.2 Å². The van der Waals surface area contributed by atoms with Crippen molar-refractivity contribution in [1.29, 1.82) is 0 Å². The van der Waals surface area contributed by atoms with Crippen LogP contribution in [-0.2, 0) is 20.9 Å². The second kappa shape index (κ2) is 14.3. The highest BCUT2D eigenvalue weighted by Crippen LogP contribution is 2.41. The maximum Gasteiger partial charge on any atom is 0.344 e. The van der Waals surface area contributed by atoms with Crippen molar-refractivity contribution in [3.63, 3.8) is 0 Å². The van der Waals surface area contributed by atoms with Crippen molar-refractivity contribution < 1.29 is 28.9 Å². The second-order valence-electron chi connectivity index (χ2n) is 7.92. The Morgan fingerprint density at radius 1 is 1.08 bits per heavy atom. The molecule has 2 aromatic carbocycles. The molecule has 3 rings (SSSR count). The Hall–Kier alpha value is -2.21. The number of thioether (sulfide) groups is 1. The molecule has 1 amide bonds. The Morgan fingerprint density at radius 3 is 2.50 bits per heavy atom. The third kappa shape index (κ3) is 7.68. The first-order valence-corrected chi connectivity index (χ1v) is 14.5. The summed E-state index contributed by atoms with van der Waals surface area (Å²) in [5.74, 6) is -0.332. The molecule has 11 heteroatoms. The predicted molar refractivity (Wildman–Crippen MR) is 160 cm³/mol. The fraction of sp³-hybridized carbons (Fsp3) is 0.296. The molecule has 0 radical (unpaired) electrons. The zero-order chi connectivity index (χ0) is 27.8. The average Bonchev–Trinajstić information content (AvgIpc) is 3.15. The average molecular weight is 690 g/mol. The van der Waals surface area contributed by atoms with Crippen LogP contribution in [0.1, 0.15) is 44.7 Å². The molecule has 0 saturated heterocycles. The van der Waals surface area contributed by atoms with Gasteiger partial charge in [0, 0.05) is 6.42 Å². The second-order valence-corrected chi connectivity index (χ2v) is 10.9. The molecule has 1 aliphatic rings. The van der Waals surface area contributed by atoms with E-state index in [2.05, 4.69) is 27.6 Å². The summed E-state index contributed by atoms with van der Waals surface area (Å²) in [7, 11) is 0. The number of hydrogen-bond donors (Lipinski definition) is 1. The summed E-state index contributed by atoms with van der Waals surface area (Å²) in [6.45, 7) is 6.17. The number of carbonyl (C=O) groups is 2. The Balaban J connectivity index is 1.95. The van der Waals surface area contributed by atoms with Gasteiger partial charge in [-0.05, 0) is 84.3 Å². The fourth-order valence-electron chi connectivity index (χ4n) is 3.39. The predicted octanol–water partition coefficient (Wildman–Crippen LogP) is 7.76. The normalized spacial score (nSPS) is 15.3. The van der Waals surface area contributed by atoms with Crippen LogP contribution in [0.5, 0.6) is 11.5 Å². The van der Waals surface area contributed by atoms with Crippen LogP contribution in [0.2, 0.25) is 10.0 Å². The number of halogens is 3. The van der Waals surface area contributed by atoms with Crippen LogP contribution >= 0.6 is 57.6 Å². The molecule has 38 heavy (non-hydrogen) atoms. The molecule has 0 bridgehead atoms. The quantitative estimate of drug-likeness (QED) is 0.201. The molecular weight excluding hydrogens is 664 g/mol. The summed E-state index contributed by atoms with van der Waals surface area (Å²) < 4.78 is 17.8. The van der Waals surface area contributed by atoms with Crippen molar-refractivity contribution in [1.82, 2.24) is 0 Å². The number of amides is 1. The highest BCUT2D eigenvalue weighted by Gasteiger charge is 2.33. The number of nitrogens with zero attached hydrogens (tertiary/aromatic N) is 1. The zero-order valence-electron chi connectivity index (χ0n) is 21.0. The van der Waals surface area contributed by atoms with E-state index in [1.807, 2.05) is 26.0 Å². The molecule has 0 unspecified atom stereocenters. The van der Waals surface area contributed by atoms with Gasteiger partial charge in [-0.1, -0.05) is 48.0 Å². The SMILES string of the molecule is CCCC(=O)N=C1S/C(=C\c2cc(I)c(OCc3ccc(Cl)c(Cl)c3)c(OCC)c2)C(O)=C1C(=O)OCC. The van der Waals surface area contributed by atoms with Gasteiger partial charge in [0.1, 0.15) is 23.0 Å². The highest BCUT2D eigenvalue weighted by atomic mass is 127. The van der Waals surface area contributed by atoms with E-state index < -0.39 is 5.97 Å². The first kappa shape index (κ1) is 30.3. The van der Waals surface area contributed by atoms with Gasteiger partial charge in [0.2, 0.25) is 5.91 Å². The number of aliphatic imine (C=N–C) groups is 1. The van der Waals surface area contributed by atoms with Crippen LogP contribution in [0.3, 0.4) is 0 Å². The van der Waals surface area contributed by atoms with Crippen LogP contribution in [0.4, 0.5) is 0 Å². The molecular formula is C27H26Cl2INO6S. The molecule has 1 aliphatic heterocycles. The van der Waals surface area contributed by atoms with Crippen LogP contribution in [0.15, 0.2) is 51.6 Å². The molecule has 0 aromatic heterocycles. The monoisotopic (exact) mass is 689 g/mol. The van der Waals surface area contributed by atoms with Gasteiger partial charge in [-0.2, -0.15) is 0 Å². The minimum atomic E-state index is -0.736. The van der Waals surface area contributed by atoms with Crippen LogP contribution in [0.25, 0.3) is 6.08 Å². The molecule has 0 aliphatic carbocycles. The molecule has 1 N–H and O–H groups in total. The van der Waals surface area contributed by atoms with Crippen molar-refractivity contribution in [3.8, 4) is 11.5 Å². The van der Waals surface area contributed by atoms with Gasteiger partial charge in [0.15, 0.2) is 11.5 Å². The van der Waals surface area contributed by atoms with E-state index in [1.54, 1.807) is 31.2 Å². The number of aliphatic hydroxyl groups excluding tert-OH is 1. The van der Waals surface area contributed by atoms with Gasteiger partial charge < -0.3 is 19.3 Å². The van der Waals surface area contributed by atoms with Gasteiger partial charge in [0.05, 0.1) is 31.7 Å². The van der Waals surface area contributed by atoms with Gasteiger partial charge in [-0.3, -0.25) is 4.79 Å². The largest absolute Gasteiger partial charge is 0.506 e. The molecule has 1 heterocycles. The standard InChI is InChI=1S/C27H26Cl2INO6S/c1-4-7-22(32)31-26-23(27(34)36-6-3)24(33)21(38-26)13-16-11-19(30)25(20(12-16)35-5-2)37-14-15-8-9-17(28)18(29)10-15/h8-13,33H,4-7,14H2,1-3H3/b21-13-,31-26?. The number of carbonyl (C=O) groups excluding carboxylic acids is 2. The number of hydrogen-bond acceptors (Lipinski definition) is 7. The zero-order valence-corrected chi connectivity index (χ0v) is 25.5. The summed E-state index contributed by atoms with van der Waals surface area (Å²) in [4.78, 5) is 29.1. The Bertz CT molecular complexity index is 1320. The van der Waals surface area contributed by atoms with E-state index in [9.17, 15) is 14.7 Å². The minimum absolute atomic E-state index is 0.117. The molecule has 0 saturated carbocycles. The number of esters is 1. The lowest BCUT2D eigenvalue weighted by Gasteiger charge is -2.15. The van der Waals surface area contributed by atoms with Gasteiger partial charge >= 0.3 is 5.97 Å². The van der Waals surface area contributed by atoms with Crippen molar-refractivity contribution in [2.24, 2.45) is 4.99 Å². The molecule has 2 aromatic rings. The summed E-state index contributed by atoms with van der Waals surface area (Å²) in [5.41, 5.74) is 1.42. The lowest BCUT2D eigenvalue weighted by molar-refractivity contribution is -0.138. The summed E-state index contributed by atoms with van der Waals surface area (Å²) in [6.07, 6.45) is 2.55. The highest BCUT2D eigenvalue weighted by molar-refractivity contribution is 14.1. The van der Waals surface area contributed by atoms with E-state index in [0.717, 1.165) is 20.9 Å². The lowest BCUT2D eigenvalue weighted by atomic mass is 10.1. The van der Waals surface area contributed by atoms with Crippen LogP contribution in [0, 0.1) is 3.57 Å². The number of rotatable bonds is 10. The lowest BCUT2D eigenvalue weighted by Crippen LogP contribution is -2.14. The fourth-order valence-corrected chi connectivity index (χ4v) is 5.52. The third-order valence-corrected chi connectivity index (χ3v) is 7.62. The summed E-state index contributed by atoms with van der Waals surface area (Å²) >= 11 is 15.3. The van der Waals surface area contributed by atoms with Crippen molar-refractivity contribution in [3.05, 3.63) is 71.3 Å². The number of benzene rings is 2. The maximum absolute atomic E-state index is 12.5. The van der Waals surface area contributed by atoms with E-state index in [0.29, 0.717) is 45.0 Å². The Labute approximate surface area is 249 Å². The van der Waals surface area contributed by atoms with Crippen molar-refractivity contribution in [2.75, 3.05) is 13.2 Å². The molecule has 0 atom stereocenters. The van der Waals surface area contributed by atoms with Gasteiger partial charge in [0.25, 0.3) is 0 Å². The van der Waals surface area contributed by atoms with Crippen LogP contribution < -0.4 is 9.47 Å². The minimum Gasteiger partial charge on any atom is -0.506 e. The van der Waals surface area contributed by atoms with Crippen molar-refractivity contribution in [2.45, 2.75) is 40.2 Å². The Morgan fingerprint density at radius 2 is 1.84 bits per heavy atom. The Kier molecular flexibility index (Phi) is 11.4.